The Kier molecular flexibility index (Phi) is 6.64. The first-order valence-electron chi connectivity index (χ1n) is 11.7. The third kappa shape index (κ3) is 4.07. The van der Waals surface area contributed by atoms with Gasteiger partial charge in [0.1, 0.15) is 5.41 Å². The lowest BCUT2D eigenvalue weighted by molar-refractivity contribution is -0.172. The van der Waals surface area contributed by atoms with Crippen LogP contribution >= 0.6 is 0 Å². The molecule has 2 atom stereocenters. The molecule has 0 unspecified atom stereocenters. The number of hydrogen-bond donors (Lipinski definition) is 3. The van der Waals surface area contributed by atoms with Crippen LogP contribution < -0.4 is 5.73 Å². The zero-order valence-corrected chi connectivity index (χ0v) is 18.3. The Morgan fingerprint density at radius 2 is 1.07 bits per heavy atom. The van der Waals surface area contributed by atoms with E-state index in [-0.39, 0.29) is 5.91 Å². The molecule has 3 fully saturated rings. The Bertz CT molecular complexity index is 572. The first kappa shape index (κ1) is 22.5. The Balaban J connectivity index is 1.98. The van der Waals surface area contributed by atoms with Crippen molar-refractivity contribution >= 4 is 11.8 Å². The lowest BCUT2D eigenvalue weighted by Crippen LogP contribution is -2.66. The number of primary amides is 1. The van der Waals surface area contributed by atoms with E-state index in [1.165, 1.54) is 0 Å². The second kappa shape index (κ2) is 8.54. The smallest absolute Gasteiger partial charge is 0.238 e. The number of rotatable bonds is 6. The van der Waals surface area contributed by atoms with Crippen molar-refractivity contribution in [2.75, 3.05) is 0 Å². The number of nitrogens with two attached hydrogens (primary N) is 1. The van der Waals surface area contributed by atoms with Gasteiger partial charge in [-0.1, -0.05) is 51.4 Å². The fourth-order valence-electron chi connectivity index (χ4n) is 6.16. The maximum atomic E-state index is 14.0. The van der Waals surface area contributed by atoms with Crippen molar-refractivity contribution in [1.82, 2.24) is 4.90 Å². The third-order valence-electron chi connectivity index (χ3n) is 8.40. The summed E-state index contributed by atoms with van der Waals surface area (Å²) in [5.74, 6) is -0.837. The van der Waals surface area contributed by atoms with E-state index in [4.69, 9.17) is 5.73 Å². The largest absolute Gasteiger partial charge is 0.388 e. The predicted octanol–water partition coefficient (Wildman–Crippen LogP) is 3.03. The summed E-state index contributed by atoms with van der Waals surface area (Å²) in [7, 11) is 0. The highest BCUT2D eigenvalue weighted by atomic mass is 16.3. The molecule has 6 nitrogen and oxygen atoms in total. The summed E-state index contributed by atoms with van der Waals surface area (Å²) in [6.45, 7) is 3.80. The fourth-order valence-corrected chi connectivity index (χ4v) is 6.16. The molecule has 0 bridgehead atoms. The summed E-state index contributed by atoms with van der Waals surface area (Å²) in [4.78, 5) is 28.1. The van der Waals surface area contributed by atoms with Crippen molar-refractivity contribution in [1.29, 1.82) is 0 Å². The van der Waals surface area contributed by atoms with Crippen molar-refractivity contribution in [2.24, 2.45) is 11.1 Å². The van der Waals surface area contributed by atoms with Crippen molar-refractivity contribution in [3.63, 3.8) is 0 Å². The SMILES string of the molecule is C[C@@H](N(C(=O)C1(C(N)=O)CCCC1)[C@H](C)C1(O)CCCCC1)C1(O)CCCCC1. The monoisotopic (exact) mass is 408 g/mol. The summed E-state index contributed by atoms with van der Waals surface area (Å²) in [6.07, 6.45) is 11.0. The molecular formula is C23H40N2O4. The molecule has 0 heterocycles. The van der Waals surface area contributed by atoms with Gasteiger partial charge in [0.05, 0.1) is 23.3 Å². The summed E-state index contributed by atoms with van der Waals surface area (Å²) in [5, 5.41) is 22.9. The van der Waals surface area contributed by atoms with Gasteiger partial charge in [-0.25, -0.2) is 0 Å². The van der Waals surface area contributed by atoms with E-state index in [1.54, 1.807) is 4.90 Å². The highest BCUT2D eigenvalue weighted by Crippen LogP contribution is 2.44. The average Bonchev–Trinajstić information content (AvgIpc) is 3.20. The van der Waals surface area contributed by atoms with Gasteiger partial charge >= 0.3 is 0 Å². The van der Waals surface area contributed by atoms with Gasteiger partial charge in [-0.3, -0.25) is 9.59 Å². The summed E-state index contributed by atoms with van der Waals surface area (Å²) < 4.78 is 0. The second-order valence-electron chi connectivity index (χ2n) is 10.0. The van der Waals surface area contributed by atoms with E-state index in [9.17, 15) is 19.8 Å². The molecule has 3 rings (SSSR count). The minimum Gasteiger partial charge on any atom is -0.388 e. The number of nitrogens with zero attached hydrogens (tertiary/aromatic N) is 1. The molecule has 0 aromatic carbocycles. The number of aliphatic hydroxyl groups is 2. The number of hydrogen-bond acceptors (Lipinski definition) is 4. The lowest BCUT2D eigenvalue weighted by atomic mass is 9.74. The van der Waals surface area contributed by atoms with Crippen molar-refractivity contribution < 1.29 is 19.8 Å². The van der Waals surface area contributed by atoms with E-state index in [0.717, 1.165) is 51.4 Å². The molecule has 6 heteroatoms. The van der Waals surface area contributed by atoms with Crippen LogP contribution in [-0.4, -0.2) is 50.2 Å². The van der Waals surface area contributed by atoms with Crippen LogP contribution in [0.2, 0.25) is 0 Å². The van der Waals surface area contributed by atoms with Gasteiger partial charge in [0, 0.05) is 0 Å². The molecule has 0 aliphatic heterocycles. The van der Waals surface area contributed by atoms with E-state index in [1.807, 2.05) is 13.8 Å². The Morgan fingerprint density at radius 1 is 0.724 bits per heavy atom. The fraction of sp³-hybridized carbons (Fsp3) is 0.913. The molecule has 0 aromatic rings. The van der Waals surface area contributed by atoms with Gasteiger partial charge in [0.15, 0.2) is 0 Å². The van der Waals surface area contributed by atoms with Gasteiger partial charge in [0.25, 0.3) is 0 Å². The van der Waals surface area contributed by atoms with E-state index in [0.29, 0.717) is 38.5 Å². The van der Waals surface area contributed by atoms with Gasteiger partial charge in [0.2, 0.25) is 11.8 Å². The number of amides is 2. The summed E-state index contributed by atoms with van der Waals surface area (Å²) in [5.41, 5.74) is 2.62. The van der Waals surface area contributed by atoms with Gasteiger partial charge < -0.3 is 20.8 Å². The van der Waals surface area contributed by atoms with Gasteiger partial charge in [-0.2, -0.15) is 0 Å². The predicted molar refractivity (Wildman–Crippen MR) is 112 cm³/mol. The van der Waals surface area contributed by atoms with Crippen LogP contribution in [0.5, 0.6) is 0 Å². The van der Waals surface area contributed by atoms with E-state index < -0.39 is 34.6 Å². The Labute approximate surface area is 175 Å². The van der Waals surface area contributed by atoms with Crippen LogP contribution in [-0.2, 0) is 9.59 Å². The first-order chi connectivity index (χ1) is 13.7. The lowest BCUT2D eigenvalue weighted by Gasteiger charge is -2.52. The molecule has 29 heavy (non-hydrogen) atoms. The van der Waals surface area contributed by atoms with Crippen molar-refractivity contribution in [3.05, 3.63) is 0 Å². The second-order valence-corrected chi connectivity index (χ2v) is 10.0. The Hall–Kier alpha value is -1.14. The zero-order chi connectivity index (χ0) is 21.3. The van der Waals surface area contributed by atoms with Gasteiger partial charge in [-0.15, -0.1) is 0 Å². The molecule has 0 radical (unpaired) electrons. The van der Waals surface area contributed by atoms with Gasteiger partial charge in [-0.05, 0) is 52.4 Å². The molecule has 4 N–H and O–H groups in total. The molecule has 3 saturated carbocycles. The van der Waals surface area contributed by atoms with Crippen LogP contribution in [0, 0.1) is 5.41 Å². The van der Waals surface area contributed by atoms with Crippen molar-refractivity contribution in [2.45, 2.75) is 127 Å². The molecule has 0 aromatic heterocycles. The van der Waals surface area contributed by atoms with Crippen LogP contribution in [0.4, 0.5) is 0 Å². The first-order valence-corrected chi connectivity index (χ1v) is 11.7. The highest BCUT2D eigenvalue weighted by Gasteiger charge is 2.55. The number of carbonyl (C=O) groups is 2. The maximum absolute atomic E-state index is 14.0. The Morgan fingerprint density at radius 3 is 1.41 bits per heavy atom. The van der Waals surface area contributed by atoms with E-state index >= 15 is 0 Å². The molecule has 166 valence electrons. The van der Waals surface area contributed by atoms with Crippen LogP contribution in [0.3, 0.4) is 0 Å². The summed E-state index contributed by atoms with van der Waals surface area (Å²) in [6, 6.07) is -0.929. The van der Waals surface area contributed by atoms with Crippen LogP contribution in [0.1, 0.15) is 104 Å². The minimum absolute atomic E-state index is 0.277. The maximum Gasteiger partial charge on any atom is 0.238 e. The molecule has 0 spiro atoms. The van der Waals surface area contributed by atoms with Crippen LogP contribution in [0.25, 0.3) is 0 Å². The zero-order valence-electron chi connectivity index (χ0n) is 18.3. The van der Waals surface area contributed by atoms with E-state index in [2.05, 4.69) is 0 Å². The molecule has 0 saturated heterocycles. The molecule has 3 aliphatic rings. The standard InChI is InChI=1S/C23H40N2O4/c1-17(22(28)13-5-3-6-14-22)25(18(2)23(29)15-7-4-8-16-23)20(27)21(19(24)26)11-9-10-12-21/h17-18,28-29H,3-16H2,1-2H3,(H2,24,26)/t17-,18-/m1/s1. The molecular weight excluding hydrogens is 368 g/mol. The summed E-state index contributed by atoms with van der Waals surface area (Å²) >= 11 is 0. The highest BCUT2D eigenvalue weighted by molar-refractivity contribution is 6.05. The molecule has 3 aliphatic carbocycles. The average molecular weight is 409 g/mol. The quantitative estimate of drug-likeness (QED) is 0.588. The topological polar surface area (TPSA) is 104 Å². The normalized spacial score (nSPS) is 27.7. The number of carbonyl (C=O) groups excluding carboxylic acids is 2. The van der Waals surface area contributed by atoms with Crippen molar-refractivity contribution in [3.8, 4) is 0 Å². The van der Waals surface area contributed by atoms with Crippen LogP contribution in [0.15, 0.2) is 0 Å². The molecule has 2 amide bonds. The third-order valence-corrected chi connectivity index (χ3v) is 8.40. The minimum atomic E-state index is -1.20.